The summed E-state index contributed by atoms with van der Waals surface area (Å²) in [6, 6.07) is 8.04. The van der Waals surface area contributed by atoms with Gasteiger partial charge in [0, 0.05) is 11.8 Å². The van der Waals surface area contributed by atoms with Crippen LogP contribution in [0.5, 0.6) is 5.75 Å². The van der Waals surface area contributed by atoms with E-state index in [2.05, 4.69) is 5.32 Å². The maximum atomic E-state index is 12.8. The van der Waals surface area contributed by atoms with Crippen molar-refractivity contribution >= 4 is 28.8 Å². The third-order valence-corrected chi connectivity index (χ3v) is 4.05. The van der Waals surface area contributed by atoms with Crippen LogP contribution in [0.25, 0.3) is 0 Å². The fourth-order valence-corrected chi connectivity index (χ4v) is 2.50. The van der Waals surface area contributed by atoms with Crippen LogP contribution in [0.1, 0.15) is 25.8 Å². The van der Waals surface area contributed by atoms with Gasteiger partial charge in [-0.2, -0.15) is 13.2 Å². The van der Waals surface area contributed by atoms with Crippen molar-refractivity contribution in [3.63, 3.8) is 0 Å². The number of benzene rings is 2. The van der Waals surface area contributed by atoms with E-state index in [1.54, 1.807) is 6.92 Å². The van der Waals surface area contributed by atoms with Crippen molar-refractivity contribution in [3.05, 3.63) is 58.1 Å². The SMILES string of the molecule is CCOC(=O)CC(=O)C(C)Oc1ccc(Nc2ccc(C(F)(F)F)cc2[N+](=O)[O-])cc1. The number of ketones is 1. The fourth-order valence-electron chi connectivity index (χ4n) is 2.50. The zero-order valence-corrected chi connectivity index (χ0v) is 16.6. The molecule has 31 heavy (non-hydrogen) atoms. The lowest BCUT2D eigenvalue weighted by molar-refractivity contribution is -0.384. The first kappa shape index (κ1) is 23.6. The smallest absolute Gasteiger partial charge is 0.416 e. The summed E-state index contributed by atoms with van der Waals surface area (Å²) in [6.45, 7) is 3.25. The van der Waals surface area contributed by atoms with Crippen LogP contribution >= 0.6 is 0 Å². The largest absolute Gasteiger partial charge is 0.483 e. The summed E-state index contributed by atoms with van der Waals surface area (Å²) in [5.41, 5.74) is -1.63. The van der Waals surface area contributed by atoms with Gasteiger partial charge in [-0.1, -0.05) is 0 Å². The summed E-state index contributed by atoms with van der Waals surface area (Å²) >= 11 is 0. The number of nitrogens with zero attached hydrogens (tertiary/aromatic N) is 1. The molecule has 2 rings (SSSR count). The van der Waals surface area contributed by atoms with E-state index >= 15 is 0 Å². The highest BCUT2D eigenvalue weighted by Crippen LogP contribution is 2.36. The number of Topliss-reactive ketones (excluding diaryl/α,β-unsaturated/α-hetero) is 1. The number of nitrogens with one attached hydrogen (secondary N) is 1. The summed E-state index contributed by atoms with van der Waals surface area (Å²) in [6.07, 6.45) is -6.05. The summed E-state index contributed by atoms with van der Waals surface area (Å²) in [7, 11) is 0. The molecule has 11 heteroatoms. The highest BCUT2D eigenvalue weighted by atomic mass is 19.4. The molecule has 0 spiro atoms. The Labute approximate surface area is 175 Å². The lowest BCUT2D eigenvalue weighted by Crippen LogP contribution is -2.26. The van der Waals surface area contributed by atoms with Gasteiger partial charge in [0.25, 0.3) is 5.69 Å². The minimum Gasteiger partial charge on any atom is -0.483 e. The molecule has 1 unspecified atom stereocenters. The average molecular weight is 440 g/mol. The van der Waals surface area contributed by atoms with Crippen LogP contribution in [0.15, 0.2) is 42.5 Å². The van der Waals surface area contributed by atoms with Gasteiger partial charge in [-0.05, 0) is 50.2 Å². The molecule has 0 bridgehead atoms. The Hall–Kier alpha value is -3.63. The molecule has 0 aliphatic rings. The van der Waals surface area contributed by atoms with E-state index in [0.717, 1.165) is 12.1 Å². The number of rotatable bonds is 9. The second-order valence-corrected chi connectivity index (χ2v) is 6.34. The number of hydrogen-bond donors (Lipinski definition) is 1. The topological polar surface area (TPSA) is 108 Å². The van der Waals surface area contributed by atoms with E-state index in [1.807, 2.05) is 0 Å². The number of esters is 1. The van der Waals surface area contributed by atoms with Crippen molar-refractivity contribution in [3.8, 4) is 5.75 Å². The number of nitro benzene ring substituents is 1. The van der Waals surface area contributed by atoms with Gasteiger partial charge in [0.1, 0.15) is 17.9 Å². The molecule has 2 aromatic rings. The van der Waals surface area contributed by atoms with Crippen molar-refractivity contribution in [2.45, 2.75) is 32.5 Å². The van der Waals surface area contributed by atoms with Gasteiger partial charge in [0.15, 0.2) is 11.9 Å². The number of halogens is 3. The molecule has 0 aromatic heterocycles. The van der Waals surface area contributed by atoms with Gasteiger partial charge in [-0.15, -0.1) is 0 Å². The standard InChI is InChI=1S/C20H19F3N2O6/c1-3-30-19(27)11-18(26)12(2)31-15-7-5-14(6-8-15)24-16-9-4-13(20(21,22)23)10-17(16)25(28)29/h4-10,12,24H,3,11H2,1-2H3. The van der Waals surface area contributed by atoms with E-state index in [-0.39, 0.29) is 18.0 Å². The monoisotopic (exact) mass is 440 g/mol. The summed E-state index contributed by atoms with van der Waals surface area (Å²) < 4.78 is 48.6. The first-order chi connectivity index (χ1) is 14.5. The van der Waals surface area contributed by atoms with Crippen LogP contribution in [0, 0.1) is 10.1 Å². The van der Waals surface area contributed by atoms with Gasteiger partial charge in [-0.25, -0.2) is 0 Å². The second kappa shape index (κ2) is 9.92. The number of hydrogen-bond acceptors (Lipinski definition) is 7. The molecule has 1 atom stereocenters. The molecule has 166 valence electrons. The average Bonchev–Trinajstić information content (AvgIpc) is 2.68. The van der Waals surface area contributed by atoms with Crippen LogP contribution in [0.2, 0.25) is 0 Å². The molecule has 0 heterocycles. The number of carbonyl (C=O) groups excluding carboxylic acids is 2. The van der Waals surface area contributed by atoms with E-state index in [1.165, 1.54) is 31.2 Å². The molecule has 0 aliphatic carbocycles. The Kier molecular flexibility index (Phi) is 7.56. The quantitative estimate of drug-likeness (QED) is 0.262. The van der Waals surface area contributed by atoms with E-state index in [9.17, 15) is 32.9 Å². The Morgan fingerprint density at radius 2 is 1.81 bits per heavy atom. The van der Waals surface area contributed by atoms with E-state index in [4.69, 9.17) is 9.47 Å². The molecule has 2 aromatic carbocycles. The Balaban J connectivity index is 2.08. The van der Waals surface area contributed by atoms with Crippen molar-refractivity contribution in [2.75, 3.05) is 11.9 Å². The van der Waals surface area contributed by atoms with Gasteiger partial charge in [-0.3, -0.25) is 19.7 Å². The molecule has 0 aliphatic heterocycles. The van der Waals surface area contributed by atoms with Crippen LogP contribution in [-0.4, -0.2) is 29.4 Å². The molecule has 0 fully saturated rings. The highest BCUT2D eigenvalue weighted by molar-refractivity contribution is 5.97. The van der Waals surface area contributed by atoms with Crippen molar-refractivity contribution in [2.24, 2.45) is 0 Å². The minimum absolute atomic E-state index is 0.121. The lowest BCUT2D eigenvalue weighted by Gasteiger charge is -2.14. The summed E-state index contributed by atoms with van der Waals surface area (Å²) in [5.74, 6) is -0.834. The number of nitro groups is 1. The van der Waals surface area contributed by atoms with Crippen LogP contribution < -0.4 is 10.1 Å². The Bertz CT molecular complexity index is 960. The molecule has 0 amide bonds. The zero-order valence-electron chi connectivity index (χ0n) is 16.6. The summed E-state index contributed by atoms with van der Waals surface area (Å²) in [5, 5.41) is 13.8. The molecule has 0 saturated carbocycles. The number of anilines is 2. The third-order valence-electron chi connectivity index (χ3n) is 4.05. The first-order valence-electron chi connectivity index (χ1n) is 9.09. The van der Waals surface area contributed by atoms with E-state index < -0.39 is 46.6 Å². The van der Waals surface area contributed by atoms with E-state index in [0.29, 0.717) is 11.8 Å². The Morgan fingerprint density at radius 3 is 2.35 bits per heavy atom. The van der Waals surface area contributed by atoms with Crippen molar-refractivity contribution in [1.82, 2.24) is 0 Å². The van der Waals surface area contributed by atoms with Gasteiger partial charge < -0.3 is 14.8 Å². The molecular weight excluding hydrogens is 421 g/mol. The molecular formula is C20H19F3N2O6. The first-order valence-corrected chi connectivity index (χ1v) is 9.09. The number of alkyl halides is 3. The fraction of sp³-hybridized carbons (Fsp3) is 0.300. The molecule has 0 radical (unpaired) electrons. The van der Waals surface area contributed by atoms with Crippen LogP contribution in [0.3, 0.4) is 0 Å². The van der Waals surface area contributed by atoms with Gasteiger partial charge in [0.2, 0.25) is 0 Å². The van der Waals surface area contributed by atoms with Crippen LogP contribution in [-0.2, 0) is 20.5 Å². The maximum Gasteiger partial charge on any atom is 0.416 e. The van der Waals surface area contributed by atoms with Crippen molar-refractivity contribution in [1.29, 1.82) is 0 Å². The minimum atomic E-state index is -4.70. The normalized spacial score (nSPS) is 12.0. The lowest BCUT2D eigenvalue weighted by atomic mass is 10.1. The Morgan fingerprint density at radius 1 is 1.16 bits per heavy atom. The third kappa shape index (κ3) is 6.69. The predicted octanol–water partition coefficient (Wildman–Crippen LogP) is 4.65. The summed E-state index contributed by atoms with van der Waals surface area (Å²) in [4.78, 5) is 33.6. The number of carbonyl (C=O) groups is 2. The predicted molar refractivity (Wildman–Crippen MR) is 104 cm³/mol. The van der Waals surface area contributed by atoms with Crippen molar-refractivity contribution < 1.29 is 37.2 Å². The van der Waals surface area contributed by atoms with Crippen LogP contribution in [0.4, 0.5) is 30.2 Å². The molecule has 0 saturated heterocycles. The second-order valence-electron chi connectivity index (χ2n) is 6.34. The zero-order chi connectivity index (χ0) is 23.2. The maximum absolute atomic E-state index is 12.8. The number of ether oxygens (including phenoxy) is 2. The van der Waals surface area contributed by atoms with Gasteiger partial charge in [0.05, 0.1) is 17.1 Å². The van der Waals surface area contributed by atoms with Gasteiger partial charge >= 0.3 is 12.1 Å². The molecule has 1 N–H and O–H groups in total. The molecule has 8 nitrogen and oxygen atoms in total. The highest BCUT2D eigenvalue weighted by Gasteiger charge is 2.33.